The molecule has 0 saturated heterocycles. The van der Waals surface area contributed by atoms with E-state index in [0.29, 0.717) is 27.0 Å². The molecule has 1 heterocycles. The molecular formula is C18H15ClFN3OS. The van der Waals surface area contributed by atoms with Crippen LogP contribution in [0, 0.1) is 5.82 Å². The van der Waals surface area contributed by atoms with Gasteiger partial charge in [0.25, 0.3) is 5.91 Å². The van der Waals surface area contributed by atoms with E-state index in [1.54, 1.807) is 31.2 Å². The Morgan fingerprint density at radius 1 is 1.20 bits per heavy atom. The van der Waals surface area contributed by atoms with Crippen molar-refractivity contribution in [2.45, 2.75) is 13.0 Å². The minimum atomic E-state index is -0.533. The SMILES string of the molecule is CC1=C(C(=O)Nc2ccccc2F)[C@@H](c2ccccc2Cl)NC(=S)N1. The van der Waals surface area contributed by atoms with E-state index in [4.69, 9.17) is 23.8 Å². The van der Waals surface area contributed by atoms with Gasteiger partial charge in [0.05, 0.1) is 17.3 Å². The summed E-state index contributed by atoms with van der Waals surface area (Å²) in [7, 11) is 0. The third-order valence-electron chi connectivity index (χ3n) is 3.85. The zero-order valence-electron chi connectivity index (χ0n) is 13.3. The normalized spacial score (nSPS) is 16.9. The number of halogens is 2. The molecule has 0 aromatic heterocycles. The molecule has 2 aromatic rings. The molecule has 3 N–H and O–H groups in total. The smallest absolute Gasteiger partial charge is 0.255 e. The van der Waals surface area contributed by atoms with E-state index in [-0.39, 0.29) is 5.69 Å². The van der Waals surface area contributed by atoms with Crippen LogP contribution in [0.4, 0.5) is 10.1 Å². The molecule has 0 saturated carbocycles. The molecule has 0 unspecified atom stereocenters. The highest BCUT2D eigenvalue weighted by molar-refractivity contribution is 7.80. The molecular weight excluding hydrogens is 361 g/mol. The molecule has 0 spiro atoms. The van der Waals surface area contributed by atoms with Gasteiger partial charge in [0.1, 0.15) is 5.82 Å². The second kappa shape index (κ2) is 7.21. The highest BCUT2D eigenvalue weighted by Crippen LogP contribution is 2.32. The van der Waals surface area contributed by atoms with Crippen LogP contribution in [-0.4, -0.2) is 11.0 Å². The van der Waals surface area contributed by atoms with Gasteiger partial charge in [0, 0.05) is 10.7 Å². The molecule has 4 nitrogen and oxygen atoms in total. The van der Waals surface area contributed by atoms with Crippen molar-refractivity contribution in [1.29, 1.82) is 0 Å². The van der Waals surface area contributed by atoms with Gasteiger partial charge in [-0.25, -0.2) is 4.39 Å². The fourth-order valence-corrected chi connectivity index (χ4v) is 3.21. The van der Waals surface area contributed by atoms with Crippen molar-refractivity contribution < 1.29 is 9.18 Å². The second-order valence-corrected chi connectivity index (χ2v) is 6.34. The number of nitrogens with one attached hydrogen (secondary N) is 3. The van der Waals surface area contributed by atoms with E-state index in [0.717, 1.165) is 0 Å². The lowest BCUT2D eigenvalue weighted by Gasteiger charge is -2.30. The van der Waals surface area contributed by atoms with Gasteiger partial charge in [-0.15, -0.1) is 0 Å². The van der Waals surface area contributed by atoms with Crippen molar-refractivity contribution >= 4 is 40.5 Å². The predicted molar refractivity (Wildman–Crippen MR) is 101 cm³/mol. The molecule has 0 fully saturated rings. The minimum Gasteiger partial charge on any atom is -0.351 e. The van der Waals surface area contributed by atoms with Crippen LogP contribution in [0.25, 0.3) is 0 Å². The molecule has 3 rings (SSSR count). The maximum absolute atomic E-state index is 13.9. The third-order valence-corrected chi connectivity index (χ3v) is 4.42. The van der Waals surface area contributed by atoms with Crippen LogP contribution in [-0.2, 0) is 4.79 Å². The highest BCUT2D eigenvalue weighted by atomic mass is 35.5. The van der Waals surface area contributed by atoms with Gasteiger partial charge in [-0.05, 0) is 42.9 Å². The summed E-state index contributed by atoms with van der Waals surface area (Å²) in [4.78, 5) is 12.8. The number of para-hydroxylation sites is 1. The molecule has 1 aliphatic heterocycles. The Labute approximate surface area is 155 Å². The number of benzene rings is 2. The Morgan fingerprint density at radius 2 is 1.88 bits per heavy atom. The van der Waals surface area contributed by atoms with Gasteiger partial charge < -0.3 is 16.0 Å². The summed E-state index contributed by atoms with van der Waals surface area (Å²) in [5, 5.41) is 9.50. The maximum atomic E-state index is 13.9. The summed E-state index contributed by atoms with van der Waals surface area (Å²) in [6.07, 6.45) is 0. The first-order valence-electron chi connectivity index (χ1n) is 7.56. The number of hydrogen-bond acceptors (Lipinski definition) is 2. The average Bonchev–Trinajstić information content (AvgIpc) is 2.56. The number of allylic oxidation sites excluding steroid dienone is 1. The minimum absolute atomic E-state index is 0.110. The summed E-state index contributed by atoms with van der Waals surface area (Å²) in [5.41, 5.74) is 1.80. The number of carbonyl (C=O) groups is 1. The van der Waals surface area contributed by atoms with Crippen LogP contribution >= 0.6 is 23.8 Å². The molecule has 1 atom stereocenters. The van der Waals surface area contributed by atoms with Crippen molar-refractivity contribution in [1.82, 2.24) is 10.6 Å². The summed E-state index contributed by atoms with van der Waals surface area (Å²) in [6, 6.07) is 12.7. The molecule has 1 amide bonds. The molecule has 25 heavy (non-hydrogen) atoms. The van der Waals surface area contributed by atoms with Crippen LogP contribution in [0.5, 0.6) is 0 Å². The number of anilines is 1. The molecule has 128 valence electrons. The van der Waals surface area contributed by atoms with E-state index in [9.17, 15) is 9.18 Å². The second-order valence-electron chi connectivity index (χ2n) is 5.53. The summed E-state index contributed by atoms with van der Waals surface area (Å²) in [6.45, 7) is 1.74. The fourth-order valence-electron chi connectivity index (χ4n) is 2.69. The standard InChI is InChI=1S/C18H15ClFN3OS/c1-10-15(17(24)22-14-9-5-4-8-13(14)20)16(23-18(25)21-10)11-6-2-3-7-12(11)19/h2-9,16H,1H3,(H,22,24)(H2,21,23,25)/t16-/m1/s1. The quantitative estimate of drug-likeness (QED) is 0.712. The van der Waals surface area contributed by atoms with E-state index in [1.807, 2.05) is 12.1 Å². The number of carbonyl (C=O) groups excluding carboxylic acids is 1. The van der Waals surface area contributed by atoms with Gasteiger partial charge in [-0.3, -0.25) is 4.79 Å². The van der Waals surface area contributed by atoms with E-state index < -0.39 is 17.8 Å². The van der Waals surface area contributed by atoms with E-state index >= 15 is 0 Å². The van der Waals surface area contributed by atoms with Crippen molar-refractivity contribution in [3.05, 3.63) is 76.2 Å². The van der Waals surface area contributed by atoms with Crippen LogP contribution < -0.4 is 16.0 Å². The topological polar surface area (TPSA) is 53.2 Å². The first kappa shape index (κ1) is 17.4. The molecule has 0 aliphatic carbocycles. The molecule has 7 heteroatoms. The van der Waals surface area contributed by atoms with Crippen molar-refractivity contribution in [3.8, 4) is 0 Å². The Hall–Kier alpha value is -2.44. The lowest BCUT2D eigenvalue weighted by molar-refractivity contribution is -0.113. The van der Waals surface area contributed by atoms with Crippen LogP contribution in [0.1, 0.15) is 18.5 Å². The maximum Gasteiger partial charge on any atom is 0.255 e. The van der Waals surface area contributed by atoms with Gasteiger partial charge in [0.15, 0.2) is 5.11 Å². The number of amides is 1. The summed E-state index contributed by atoms with van der Waals surface area (Å²) in [5.74, 6) is -0.939. The Morgan fingerprint density at radius 3 is 2.60 bits per heavy atom. The zero-order valence-corrected chi connectivity index (χ0v) is 14.8. The Bertz CT molecular complexity index is 884. The van der Waals surface area contributed by atoms with Crippen molar-refractivity contribution in [3.63, 3.8) is 0 Å². The average molecular weight is 376 g/mol. The Kier molecular flexibility index (Phi) is 5.01. The number of rotatable bonds is 3. The van der Waals surface area contributed by atoms with Crippen molar-refractivity contribution in [2.75, 3.05) is 5.32 Å². The van der Waals surface area contributed by atoms with Gasteiger partial charge >= 0.3 is 0 Å². The van der Waals surface area contributed by atoms with Crippen LogP contribution in [0.3, 0.4) is 0 Å². The van der Waals surface area contributed by atoms with Crippen molar-refractivity contribution in [2.24, 2.45) is 0 Å². The first-order valence-corrected chi connectivity index (χ1v) is 8.34. The molecule has 0 radical (unpaired) electrons. The third kappa shape index (κ3) is 3.65. The Balaban J connectivity index is 1.99. The summed E-state index contributed by atoms with van der Waals surface area (Å²) >= 11 is 11.5. The number of thiocarbonyl (C=S) groups is 1. The van der Waals surface area contributed by atoms with Gasteiger partial charge in [0.2, 0.25) is 0 Å². The van der Waals surface area contributed by atoms with E-state index in [2.05, 4.69) is 16.0 Å². The summed E-state index contributed by atoms with van der Waals surface area (Å²) < 4.78 is 13.9. The molecule has 1 aliphatic rings. The number of hydrogen-bond donors (Lipinski definition) is 3. The van der Waals surface area contributed by atoms with Gasteiger partial charge in [-0.2, -0.15) is 0 Å². The largest absolute Gasteiger partial charge is 0.351 e. The van der Waals surface area contributed by atoms with Crippen LogP contribution in [0.15, 0.2) is 59.8 Å². The fraction of sp³-hybridized carbons (Fsp3) is 0.111. The lowest BCUT2D eigenvalue weighted by atomic mass is 9.95. The zero-order chi connectivity index (χ0) is 18.0. The van der Waals surface area contributed by atoms with Crippen LogP contribution in [0.2, 0.25) is 5.02 Å². The van der Waals surface area contributed by atoms with Gasteiger partial charge in [-0.1, -0.05) is 41.9 Å². The van der Waals surface area contributed by atoms with E-state index in [1.165, 1.54) is 12.1 Å². The molecule has 2 aromatic carbocycles. The monoisotopic (exact) mass is 375 g/mol. The highest BCUT2D eigenvalue weighted by Gasteiger charge is 2.31. The lowest BCUT2D eigenvalue weighted by Crippen LogP contribution is -2.45. The molecule has 0 bridgehead atoms. The predicted octanol–water partition coefficient (Wildman–Crippen LogP) is 3.91. The first-order chi connectivity index (χ1) is 12.0.